The number of fused-ring (bicyclic) bond motifs is 2. The molecule has 2 aromatic carbocycles. The number of hydrogen-bond acceptors (Lipinski definition) is 3. The van der Waals surface area contributed by atoms with Crippen molar-refractivity contribution in [2.45, 2.75) is 0 Å². The van der Waals surface area contributed by atoms with Crippen molar-refractivity contribution >= 4 is 33.3 Å². The van der Waals surface area contributed by atoms with Crippen LogP contribution in [0.3, 0.4) is 0 Å². The number of aromatic nitrogens is 2. The van der Waals surface area contributed by atoms with Crippen LogP contribution in [0, 0.1) is 5.82 Å². The number of halogens is 2. The molecule has 0 radical (unpaired) electrons. The maximum absolute atomic E-state index is 13.7. The Morgan fingerprint density at radius 3 is 2.57 bits per heavy atom. The molecule has 3 nitrogen and oxygen atoms in total. The molecule has 0 bridgehead atoms. The van der Waals surface area contributed by atoms with Crippen LogP contribution in [0.5, 0.6) is 0 Å². The van der Waals surface area contributed by atoms with Crippen molar-refractivity contribution in [1.82, 2.24) is 10.2 Å². The quantitative estimate of drug-likeness (QED) is 0.505. The lowest BCUT2D eigenvalue weighted by atomic mass is 10.1. The van der Waals surface area contributed by atoms with Crippen molar-refractivity contribution in [3.63, 3.8) is 0 Å². The largest absolute Gasteiger partial charge is 0.451 e. The van der Waals surface area contributed by atoms with E-state index in [1.54, 1.807) is 18.2 Å². The maximum Gasteiger partial charge on any atom is 0.170 e. The molecule has 4 rings (SSSR count). The fourth-order valence-electron chi connectivity index (χ4n) is 2.40. The van der Waals surface area contributed by atoms with Gasteiger partial charge in [-0.05, 0) is 12.1 Å². The van der Waals surface area contributed by atoms with E-state index in [0.717, 1.165) is 10.8 Å². The molecule has 21 heavy (non-hydrogen) atoms. The fourth-order valence-corrected chi connectivity index (χ4v) is 2.60. The summed E-state index contributed by atoms with van der Waals surface area (Å²) in [6.07, 6.45) is 0. The van der Waals surface area contributed by atoms with Crippen LogP contribution in [0.15, 0.2) is 52.9 Å². The summed E-state index contributed by atoms with van der Waals surface area (Å²) in [4.78, 5) is 0. The second-order valence-electron chi connectivity index (χ2n) is 4.65. The van der Waals surface area contributed by atoms with Crippen molar-refractivity contribution in [2.75, 3.05) is 0 Å². The predicted octanol–water partition coefficient (Wildman–Crippen LogP) is 4.84. The summed E-state index contributed by atoms with van der Waals surface area (Å²) in [6, 6.07) is 14.0. The lowest BCUT2D eigenvalue weighted by Gasteiger charge is -2.03. The summed E-state index contributed by atoms with van der Waals surface area (Å²) in [5, 5.41) is 10.7. The van der Waals surface area contributed by atoms with E-state index in [0.29, 0.717) is 22.0 Å². The third-order valence-electron chi connectivity index (χ3n) is 3.37. The Hall–Kier alpha value is -2.46. The van der Waals surface area contributed by atoms with Gasteiger partial charge in [0.2, 0.25) is 0 Å². The van der Waals surface area contributed by atoms with Gasteiger partial charge >= 0.3 is 0 Å². The molecule has 0 saturated carbocycles. The zero-order valence-corrected chi connectivity index (χ0v) is 11.4. The van der Waals surface area contributed by atoms with E-state index >= 15 is 0 Å². The van der Waals surface area contributed by atoms with E-state index in [9.17, 15) is 4.39 Å². The average Bonchev–Trinajstić information content (AvgIpc) is 2.93. The summed E-state index contributed by atoms with van der Waals surface area (Å²) in [6.45, 7) is 0. The van der Waals surface area contributed by atoms with Crippen LogP contribution in [0.25, 0.3) is 33.2 Å². The van der Waals surface area contributed by atoms with Gasteiger partial charge in [-0.2, -0.15) is 0 Å². The summed E-state index contributed by atoms with van der Waals surface area (Å²) in [5.41, 5.74) is 0.763. The van der Waals surface area contributed by atoms with E-state index in [2.05, 4.69) is 10.2 Å². The average molecular weight is 299 g/mol. The molecule has 0 fully saturated rings. The summed E-state index contributed by atoms with van der Waals surface area (Å²) in [5.74, 6) is 0.0699. The van der Waals surface area contributed by atoms with Gasteiger partial charge in [0.25, 0.3) is 0 Å². The Bertz CT molecular complexity index is 981. The molecule has 102 valence electrons. The van der Waals surface area contributed by atoms with Gasteiger partial charge in [0.1, 0.15) is 5.69 Å². The van der Waals surface area contributed by atoms with Gasteiger partial charge in [-0.15, -0.1) is 10.2 Å². The fraction of sp³-hybridized carbons (Fsp3) is 0. The molecule has 0 aliphatic carbocycles. The molecular formula is C16H8ClFN2O. The van der Waals surface area contributed by atoms with Crippen molar-refractivity contribution < 1.29 is 8.81 Å². The van der Waals surface area contributed by atoms with E-state index in [1.807, 2.05) is 24.3 Å². The molecule has 2 aromatic heterocycles. The van der Waals surface area contributed by atoms with Crippen LogP contribution >= 0.6 is 11.6 Å². The first kappa shape index (κ1) is 12.3. The third-order valence-corrected chi connectivity index (χ3v) is 3.65. The lowest BCUT2D eigenvalue weighted by molar-refractivity contribution is 0.567. The molecule has 0 aliphatic rings. The molecule has 5 heteroatoms. The first-order chi connectivity index (χ1) is 10.2. The number of nitrogens with zero attached hydrogens (tertiary/aromatic N) is 2. The van der Waals surface area contributed by atoms with E-state index in [4.69, 9.17) is 16.0 Å². The van der Waals surface area contributed by atoms with Crippen molar-refractivity contribution in [1.29, 1.82) is 0 Å². The molecule has 0 N–H and O–H groups in total. The minimum absolute atomic E-state index is 0.216. The second kappa shape index (κ2) is 4.53. The number of rotatable bonds is 1. The highest BCUT2D eigenvalue weighted by atomic mass is 35.5. The van der Waals surface area contributed by atoms with Gasteiger partial charge in [-0.25, -0.2) is 4.39 Å². The minimum Gasteiger partial charge on any atom is -0.451 e. The molecule has 2 heterocycles. The van der Waals surface area contributed by atoms with Crippen LogP contribution in [0.1, 0.15) is 0 Å². The molecular weight excluding hydrogens is 291 g/mol. The molecule has 0 spiro atoms. The number of furan rings is 1. The minimum atomic E-state index is -0.398. The molecule has 0 unspecified atom stereocenters. The van der Waals surface area contributed by atoms with Gasteiger partial charge in [-0.1, -0.05) is 48.0 Å². The normalized spacial score (nSPS) is 11.3. The SMILES string of the molecule is Fc1cccc2cc(-c3nnc(Cl)c4ccccc34)oc12. The first-order valence-corrected chi connectivity index (χ1v) is 6.71. The van der Waals surface area contributed by atoms with E-state index in [1.165, 1.54) is 6.07 Å². The standard InChI is InChI=1S/C16H8ClFN2O/c17-16-11-6-2-1-5-10(11)14(19-20-16)13-8-9-4-3-7-12(18)15(9)21-13/h1-8H. The number of hydrogen-bond donors (Lipinski definition) is 0. The van der Waals surface area contributed by atoms with Gasteiger partial charge in [0, 0.05) is 16.2 Å². The van der Waals surface area contributed by atoms with Crippen molar-refractivity contribution in [3.8, 4) is 11.5 Å². The topological polar surface area (TPSA) is 38.9 Å². The predicted molar refractivity (Wildman–Crippen MR) is 79.7 cm³/mol. The Morgan fingerprint density at radius 2 is 1.76 bits per heavy atom. The van der Waals surface area contributed by atoms with Gasteiger partial charge in [0.05, 0.1) is 0 Å². The summed E-state index contributed by atoms with van der Waals surface area (Å²) in [7, 11) is 0. The Morgan fingerprint density at radius 1 is 0.952 bits per heavy atom. The first-order valence-electron chi connectivity index (χ1n) is 6.33. The molecule has 0 aliphatic heterocycles. The van der Waals surface area contributed by atoms with Gasteiger partial charge in [0.15, 0.2) is 22.3 Å². The molecule has 0 atom stereocenters. The zero-order chi connectivity index (χ0) is 14.4. The number of benzene rings is 2. The van der Waals surface area contributed by atoms with Crippen molar-refractivity contribution in [3.05, 3.63) is 59.5 Å². The second-order valence-corrected chi connectivity index (χ2v) is 5.01. The maximum atomic E-state index is 13.7. The molecule has 0 saturated heterocycles. The number of para-hydroxylation sites is 1. The van der Waals surface area contributed by atoms with Crippen LogP contribution < -0.4 is 0 Å². The van der Waals surface area contributed by atoms with Crippen LogP contribution in [-0.4, -0.2) is 10.2 Å². The summed E-state index contributed by atoms with van der Waals surface area (Å²) < 4.78 is 19.4. The summed E-state index contributed by atoms with van der Waals surface area (Å²) >= 11 is 6.06. The molecule has 4 aromatic rings. The Labute approximate surface area is 124 Å². The van der Waals surface area contributed by atoms with E-state index in [-0.39, 0.29) is 5.58 Å². The molecule has 0 amide bonds. The Kier molecular flexibility index (Phi) is 2.65. The smallest absolute Gasteiger partial charge is 0.170 e. The van der Waals surface area contributed by atoms with Crippen molar-refractivity contribution in [2.24, 2.45) is 0 Å². The zero-order valence-electron chi connectivity index (χ0n) is 10.7. The van der Waals surface area contributed by atoms with E-state index < -0.39 is 5.82 Å². The Balaban J connectivity index is 2.05. The third kappa shape index (κ3) is 1.87. The monoisotopic (exact) mass is 298 g/mol. The van der Waals surface area contributed by atoms with Gasteiger partial charge < -0.3 is 4.42 Å². The van der Waals surface area contributed by atoms with Gasteiger partial charge in [-0.3, -0.25) is 0 Å². The van der Waals surface area contributed by atoms with Crippen LogP contribution in [0.4, 0.5) is 4.39 Å². The lowest BCUT2D eigenvalue weighted by Crippen LogP contribution is -1.90. The van der Waals surface area contributed by atoms with Crippen LogP contribution in [-0.2, 0) is 0 Å². The highest BCUT2D eigenvalue weighted by molar-refractivity contribution is 6.34. The van der Waals surface area contributed by atoms with Crippen LogP contribution in [0.2, 0.25) is 5.15 Å². The highest BCUT2D eigenvalue weighted by Crippen LogP contribution is 2.33. The highest BCUT2D eigenvalue weighted by Gasteiger charge is 2.15.